The van der Waals surface area contributed by atoms with Crippen molar-refractivity contribution in [1.29, 1.82) is 0 Å². The number of sulfonamides is 1. The van der Waals surface area contributed by atoms with E-state index in [0.717, 1.165) is 22.4 Å². The van der Waals surface area contributed by atoms with Crippen molar-refractivity contribution in [3.63, 3.8) is 0 Å². The zero-order chi connectivity index (χ0) is 14.2. The van der Waals surface area contributed by atoms with Gasteiger partial charge in [0.1, 0.15) is 6.33 Å². The van der Waals surface area contributed by atoms with Crippen molar-refractivity contribution in [1.82, 2.24) is 14.3 Å². The van der Waals surface area contributed by atoms with Crippen LogP contribution in [0.3, 0.4) is 0 Å². The van der Waals surface area contributed by atoms with Gasteiger partial charge in [-0.1, -0.05) is 29.8 Å². The third kappa shape index (κ3) is 2.57. The Morgan fingerprint density at radius 2 is 2.15 bits per heavy atom. The Balaban J connectivity index is 1.81. The van der Waals surface area contributed by atoms with E-state index in [9.17, 15) is 8.42 Å². The monoisotopic (exact) mass is 289 g/mol. The summed E-state index contributed by atoms with van der Waals surface area (Å²) in [6, 6.07) is 7.58. The third-order valence-corrected chi connectivity index (χ3v) is 5.12. The highest BCUT2D eigenvalue weighted by molar-refractivity contribution is 7.88. The van der Waals surface area contributed by atoms with E-state index in [-0.39, 0.29) is 5.75 Å². The van der Waals surface area contributed by atoms with Crippen LogP contribution in [0.25, 0.3) is 0 Å². The Hall–Kier alpha value is -1.79. The normalized spacial score (nSPS) is 15.2. The van der Waals surface area contributed by atoms with Crippen molar-refractivity contribution in [3.8, 4) is 0 Å². The molecule has 2 heterocycles. The highest BCUT2D eigenvalue weighted by Gasteiger charge is 2.30. The molecular weight excluding hydrogens is 274 g/mol. The summed E-state index contributed by atoms with van der Waals surface area (Å²) in [6.07, 6.45) is 3.14. The molecule has 3 rings (SSSR count). The van der Waals surface area contributed by atoms with E-state index in [1.165, 1.54) is 10.6 Å². The van der Waals surface area contributed by atoms with E-state index in [2.05, 4.69) is 9.97 Å². The number of fused-ring (bicyclic) bond motifs is 1. The number of rotatable bonds is 3. The van der Waals surface area contributed by atoms with E-state index in [0.29, 0.717) is 13.1 Å². The Bertz CT molecular complexity index is 719. The quantitative estimate of drug-likeness (QED) is 0.861. The predicted molar refractivity (Wildman–Crippen MR) is 75.1 cm³/mol. The molecule has 0 saturated heterocycles. The lowest BCUT2D eigenvalue weighted by atomic mass is 10.2. The zero-order valence-electron chi connectivity index (χ0n) is 11.2. The molecule has 0 fully saturated rings. The lowest BCUT2D eigenvalue weighted by Crippen LogP contribution is -2.27. The van der Waals surface area contributed by atoms with E-state index in [1.54, 1.807) is 6.20 Å². The number of hydrogen-bond donors (Lipinski definition) is 0. The second kappa shape index (κ2) is 4.96. The van der Waals surface area contributed by atoms with Gasteiger partial charge >= 0.3 is 0 Å². The van der Waals surface area contributed by atoms with Crippen LogP contribution in [0, 0.1) is 6.92 Å². The van der Waals surface area contributed by atoms with Crippen LogP contribution < -0.4 is 0 Å². The largest absolute Gasteiger partial charge is 0.244 e. The fourth-order valence-corrected chi connectivity index (χ4v) is 3.81. The minimum absolute atomic E-state index is 0.0239. The van der Waals surface area contributed by atoms with Gasteiger partial charge in [-0.15, -0.1) is 0 Å². The second-order valence-electron chi connectivity index (χ2n) is 5.01. The predicted octanol–water partition coefficient (Wildman–Crippen LogP) is 1.63. The highest BCUT2D eigenvalue weighted by atomic mass is 32.2. The molecule has 0 atom stereocenters. The molecule has 0 unspecified atom stereocenters. The van der Waals surface area contributed by atoms with Gasteiger partial charge in [-0.2, -0.15) is 4.31 Å². The first-order valence-electron chi connectivity index (χ1n) is 6.36. The van der Waals surface area contributed by atoms with Crippen LogP contribution in [0.2, 0.25) is 0 Å². The first kappa shape index (κ1) is 13.2. The number of hydrogen-bond acceptors (Lipinski definition) is 4. The standard InChI is InChI=1S/C14H15N3O2S/c1-11-3-2-4-12(5-11)9-20(18,19)17-7-13-6-15-10-16-14(13)8-17/h2-6,10H,7-9H2,1H3. The highest BCUT2D eigenvalue weighted by Crippen LogP contribution is 2.24. The van der Waals surface area contributed by atoms with Crippen molar-refractivity contribution in [3.05, 3.63) is 59.2 Å². The summed E-state index contributed by atoms with van der Waals surface area (Å²) in [5.41, 5.74) is 3.56. The molecule has 1 aromatic heterocycles. The van der Waals surface area contributed by atoms with Crippen molar-refractivity contribution in [2.75, 3.05) is 0 Å². The van der Waals surface area contributed by atoms with E-state index < -0.39 is 10.0 Å². The minimum atomic E-state index is -3.33. The van der Waals surface area contributed by atoms with Gasteiger partial charge < -0.3 is 0 Å². The summed E-state index contributed by atoms with van der Waals surface area (Å²) in [4.78, 5) is 8.06. The molecule has 1 aliphatic rings. The van der Waals surface area contributed by atoms with Crippen molar-refractivity contribution < 1.29 is 8.42 Å². The van der Waals surface area contributed by atoms with Gasteiger partial charge in [-0.3, -0.25) is 0 Å². The summed E-state index contributed by atoms with van der Waals surface area (Å²) >= 11 is 0. The fourth-order valence-electron chi connectivity index (χ4n) is 2.37. The van der Waals surface area contributed by atoms with Crippen molar-refractivity contribution >= 4 is 10.0 Å². The summed E-state index contributed by atoms with van der Waals surface area (Å²) < 4.78 is 26.4. The molecule has 0 saturated carbocycles. The maximum Gasteiger partial charge on any atom is 0.218 e. The molecule has 6 heteroatoms. The van der Waals surface area contributed by atoms with E-state index >= 15 is 0 Å². The van der Waals surface area contributed by atoms with Gasteiger partial charge in [0, 0.05) is 18.3 Å². The van der Waals surface area contributed by atoms with Gasteiger partial charge in [-0.05, 0) is 12.5 Å². The lowest BCUT2D eigenvalue weighted by Gasteiger charge is -2.15. The molecule has 0 radical (unpaired) electrons. The maximum absolute atomic E-state index is 12.5. The molecule has 0 spiro atoms. The molecular formula is C14H15N3O2S. The summed E-state index contributed by atoms with van der Waals surface area (Å²) in [5.74, 6) is 0.0239. The van der Waals surface area contributed by atoms with Gasteiger partial charge in [-0.25, -0.2) is 18.4 Å². The molecule has 2 aromatic rings. The average molecular weight is 289 g/mol. The fraction of sp³-hybridized carbons (Fsp3) is 0.286. The number of nitrogens with zero attached hydrogens (tertiary/aromatic N) is 3. The Labute approximate surface area is 118 Å². The number of aryl methyl sites for hydroxylation is 1. The Kier molecular flexibility index (Phi) is 3.27. The van der Waals surface area contributed by atoms with Crippen LogP contribution in [0.4, 0.5) is 0 Å². The molecule has 1 aromatic carbocycles. The first-order chi connectivity index (χ1) is 9.54. The summed E-state index contributed by atoms with van der Waals surface area (Å²) in [7, 11) is -3.33. The van der Waals surface area contributed by atoms with Crippen LogP contribution in [-0.2, 0) is 28.9 Å². The third-order valence-electron chi connectivity index (χ3n) is 3.38. The van der Waals surface area contributed by atoms with Crippen LogP contribution in [0.5, 0.6) is 0 Å². The lowest BCUT2D eigenvalue weighted by molar-refractivity contribution is 0.429. The molecule has 0 bridgehead atoms. The van der Waals surface area contributed by atoms with Crippen LogP contribution in [0.15, 0.2) is 36.8 Å². The van der Waals surface area contributed by atoms with E-state index in [4.69, 9.17) is 0 Å². The molecule has 104 valence electrons. The smallest absolute Gasteiger partial charge is 0.218 e. The van der Waals surface area contributed by atoms with Crippen LogP contribution in [0.1, 0.15) is 22.4 Å². The minimum Gasteiger partial charge on any atom is -0.244 e. The summed E-state index contributed by atoms with van der Waals surface area (Å²) in [5, 5.41) is 0. The SMILES string of the molecule is Cc1cccc(CS(=O)(=O)N2Cc3cncnc3C2)c1. The van der Waals surface area contributed by atoms with Gasteiger partial charge in [0.05, 0.1) is 18.0 Å². The average Bonchev–Trinajstić information content (AvgIpc) is 2.82. The molecule has 20 heavy (non-hydrogen) atoms. The molecule has 1 aliphatic heterocycles. The zero-order valence-corrected chi connectivity index (χ0v) is 12.0. The van der Waals surface area contributed by atoms with Crippen LogP contribution in [-0.4, -0.2) is 22.7 Å². The topological polar surface area (TPSA) is 63.2 Å². The van der Waals surface area contributed by atoms with Gasteiger partial charge in [0.15, 0.2) is 0 Å². The molecule has 5 nitrogen and oxygen atoms in total. The first-order valence-corrected chi connectivity index (χ1v) is 7.97. The number of benzene rings is 1. The molecule has 0 aliphatic carbocycles. The molecule has 0 amide bonds. The molecule has 0 N–H and O–H groups in total. The Morgan fingerprint density at radius 3 is 2.90 bits per heavy atom. The van der Waals surface area contributed by atoms with Gasteiger partial charge in [0.2, 0.25) is 10.0 Å². The van der Waals surface area contributed by atoms with E-state index in [1.807, 2.05) is 31.2 Å². The summed E-state index contributed by atoms with van der Waals surface area (Å²) in [6.45, 7) is 2.66. The van der Waals surface area contributed by atoms with Gasteiger partial charge in [0.25, 0.3) is 0 Å². The Morgan fingerprint density at radius 1 is 1.30 bits per heavy atom. The van der Waals surface area contributed by atoms with Crippen LogP contribution >= 0.6 is 0 Å². The van der Waals surface area contributed by atoms with Crippen molar-refractivity contribution in [2.45, 2.75) is 25.8 Å². The number of aromatic nitrogens is 2. The second-order valence-corrected chi connectivity index (χ2v) is 6.98. The maximum atomic E-state index is 12.5. The van der Waals surface area contributed by atoms with Crippen molar-refractivity contribution in [2.24, 2.45) is 0 Å².